The fraction of sp³-hybridized carbons (Fsp3) is 0.125. The largest absolute Gasteiger partial charge is 0.326 e. The van der Waals surface area contributed by atoms with Crippen LogP contribution in [0.2, 0.25) is 0 Å². The Labute approximate surface area is 186 Å². The molecule has 0 saturated heterocycles. The number of para-hydroxylation sites is 1. The van der Waals surface area contributed by atoms with Crippen LogP contribution >= 0.6 is 0 Å². The van der Waals surface area contributed by atoms with Crippen LogP contribution in [0.4, 0.5) is 24.5 Å². The number of hydrogen-bond acceptors (Lipinski definition) is 3. The molecule has 1 N–H and O–H groups in total. The number of nitrogens with one attached hydrogen (secondary N) is 1. The number of rotatable bonds is 4. The van der Waals surface area contributed by atoms with Gasteiger partial charge < -0.3 is 10.2 Å². The van der Waals surface area contributed by atoms with Crippen molar-refractivity contribution in [2.75, 3.05) is 16.8 Å². The number of halogens is 3. The Kier molecular flexibility index (Phi) is 4.88. The first-order chi connectivity index (χ1) is 15.9. The number of benzene rings is 3. The fourth-order valence-corrected chi connectivity index (χ4v) is 4.27. The van der Waals surface area contributed by atoms with Crippen LogP contribution in [0.1, 0.15) is 38.9 Å². The molecule has 3 aromatic rings. The average Bonchev–Trinajstić information content (AvgIpc) is 3.10. The molecule has 1 atom stereocenters. The van der Waals surface area contributed by atoms with E-state index in [1.807, 2.05) is 0 Å². The van der Waals surface area contributed by atoms with Crippen LogP contribution in [0.5, 0.6) is 0 Å². The maximum atomic E-state index is 13.4. The van der Waals surface area contributed by atoms with Crippen LogP contribution < -0.4 is 10.2 Å². The second-order valence-corrected chi connectivity index (χ2v) is 7.70. The average molecular weight is 451 g/mol. The van der Waals surface area contributed by atoms with Gasteiger partial charge in [0.05, 0.1) is 11.3 Å². The van der Waals surface area contributed by atoms with Gasteiger partial charge in [-0.1, -0.05) is 30.3 Å². The first kappa shape index (κ1) is 20.7. The van der Waals surface area contributed by atoms with E-state index in [9.17, 15) is 27.6 Å². The van der Waals surface area contributed by atoms with Gasteiger partial charge in [-0.2, -0.15) is 0 Å². The van der Waals surface area contributed by atoms with Gasteiger partial charge in [0, 0.05) is 41.9 Å². The van der Waals surface area contributed by atoms with Gasteiger partial charge in [-0.15, -0.1) is 0 Å². The van der Waals surface area contributed by atoms with E-state index in [0.717, 1.165) is 0 Å². The molecule has 3 aromatic carbocycles. The van der Waals surface area contributed by atoms with E-state index in [4.69, 9.17) is 0 Å². The standard InChI is InChI=1S/C24H16F3N3O3/c25-17-11-13(12-18(26)21(17)27)28-20(31)9-10-29-22-14-5-1-2-6-15(14)24(33)30(22)19-8-4-3-7-16(19)23(29)32/h1-8,11-12,22H,9-10H2,(H,28,31). The summed E-state index contributed by atoms with van der Waals surface area (Å²) in [7, 11) is 0. The molecule has 0 saturated carbocycles. The molecule has 0 radical (unpaired) electrons. The van der Waals surface area contributed by atoms with Gasteiger partial charge in [-0.25, -0.2) is 13.2 Å². The number of nitrogens with zero attached hydrogens (tertiary/aromatic N) is 2. The minimum atomic E-state index is -1.63. The van der Waals surface area contributed by atoms with Crippen molar-refractivity contribution >= 4 is 29.1 Å². The van der Waals surface area contributed by atoms with E-state index in [-0.39, 0.29) is 30.5 Å². The molecule has 33 heavy (non-hydrogen) atoms. The Balaban J connectivity index is 1.42. The lowest BCUT2D eigenvalue weighted by molar-refractivity contribution is -0.116. The molecule has 2 heterocycles. The third-order valence-corrected chi connectivity index (χ3v) is 5.73. The van der Waals surface area contributed by atoms with Crippen molar-refractivity contribution in [1.29, 1.82) is 0 Å². The van der Waals surface area contributed by atoms with Gasteiger partial charge in [0.15, 0.2) is 17.5 Å². The number of hydrogen-bond donors (Lipinski definition) is 1. The molecule has 1 unspecified atom stereocenters. The molecule has 2 aliphatic heterocycles. The van der Waals surface area contributed by atoms with Crippen LogP contribution in [0, 0.1) is 17.5 Å². The highest BCUT2D eigenvalue weighted by Gasteiger charge is 2.47. The SMILES string of the molecule is O=C(CCN1C(=O)c2ccccc2N2C(=O)c3ccccc3C12)Nc1cc(F)c(F)c(F)c1. The van der Waals surface area contributed by atoms with E-state index in [2.05, 4.69) is 5.32 Å². The molecule has 5 rings (SSSR count). The summed E-state index contributed by atoms with van der Waals surface area (Å²) >= 11 is 0. The quantitative estimate of drug-likeness (QED) is 0.603. The van der Waals surface area contributed by atoms with Gasteiger partial charge in [-0.05, 0) is 18.2 Å². The topological polar surface area (TPSA) is 69.7 Å². The van der Waals surface area contributed by atoms with Crippen molar-refractivity contribution in [1.82, 2.24) is 4.90 Å². The zero-order chi connectivity index (χ0) is 23.3. The number of carbonyl (C=O) groups is 3. The number of fused-ring (bicyclic) bond motifs is 5. The first-order valence-corrected chi connectivity index (χ1v) is 10.1. The molecular formula is C24H16F3N3O3. The fourth-order valence-electron chi connectivity index (χ4n) is 4.27. The molecule has 0 bridgehead atoms. The lowest BCUT2D eigenvalue weighted by Crippen LogP contribution is -2.49. The predicted octanol–water partition coefficient (Wildman–Crippen LogP) is 4.25. The molecular weight excluding hydrogens is 435 g/mol. The van der Waals surface area contributed by atoms with Crippen LogP contribution in [0.3, 0.4) is 0 Å². The monoisotopic (exact) mass is 451 g/mol. The van der Waals surface area contributed by atoms with Crippen LogP contribution in [-0.2, 0) is 4.79 Å². The number of anilines is 2. The van der Waals surface area contributed by atoms with E-state index < -0.39 is 29.5 Å². The summed E-state index contributed by atoms with van der Waals surface area (Å²) in [6, 6.07) is 15.0. The van der Waals surface area contributed by atoms with Crippen LogP contribution in [0.25, 0.3) is 0 Å². The van der Waals surface area contributed by atoms with Crippen molar-refractivity contribution in [2.24, 2.45) is 0 Å². The van der Waals surface area contributed by atoms with Crippen molar-refractivity contribution < 1.29 is 27.6 Å². The first-order valence-electron chi connectivity index (χ1n) is 10.1. The Morgan fingerprint density at radius 2 is 1.52 bits per heavy atom. The zero-order valence-electron chi connectivity index (χ0n) is 17.0. The predicted molar refractivity (Wildman–Crippen MR) is 113 cm³/mol. The van der Waals surface area contributed by atoms with Crippen LogP contribution in [-0.4, -0.2) is 29.2 Å². The van der Waals surface area contributed by atoms with E-state index in [0.29, 0.717) is 34.5 Å². The molecule has 0 fully saturated rings. The van der Waals surface area contributed by atoms with Gasteiger partial charge in [0.25, 0.3) is 11.8 Å². The second-order valence-electron chi connectivity index (χ2n) is 7.70. The van der Waals surface area contributed by atoms with Gasteiger partial charge in [0.2, 0.25) is 5.91 Å². The maximum absolute atomic E-state index is 13.4. The Morgan fingerprint density at radius 1 is 0.879 bits per heavy atom. The molecule has 0 aromatic heterocycles. The molecule has 2 aliphatic rings. The van der Waals surface area contributed by atoms with Crippen molar-refractivity contribution in [3.8, 4) is 0 Å². The van der Waals surface area contributed by atoms with Gasteiger partial charge in [-0.3, -0.25) is 19.3 Å². The lowest BCUT2D eigenvalue weighted by atomic mass is 10.0. The summed E-state index contributed by atoms with van der Waals surface area (Å²) in [6.07, 6.45) is -0.931. The molecule has 0 spiro atoms. The minimum Gasteiger partial charge on any atom is -0.326 e. The van der Waals surface area contributed by atoms with E-state index in [1.54, 1.807) is 48.5 Å². The number of carbonyl (C=O) groups excluding carboxylic acids is 3. The van der Waals surface area contributed by atoms with Crippen molar-refractivity contribution in [3.05, 3.63) is 94.8 Å². The minimum absolute atomic E-state index is 0.0616. The second kappa shape index (κ2) is 7.77. The Morgan fingerprint density at radius 3 is 2.24 bits per heavy atom. The molecule has 9 heteroatoms. The van der Waals surface area contributed by atoms with Gasteiger partial charge >= 0.3 is 0 Å². The van der Waals surface area contributed by atoms with Crippen LogP contribution in [0.15, 0.2) is 60.7 Å². The summed E-state index contributed by atoms with van der Waals surface area (Å²) in [5.41, 5.74) is 1.70. The van der Waals surface area contributed by atoms with Gasteiger partial charge in [0.1, 0.15) is 6.17 Å². The molecule has 6 nitrogen and oxygen atoms in total. The summed E-state index contributed by atoms with van der Waals surface area (Å²) in [5, 5.41) is 2.31. The molecule has 0 aliphatic carbocycles. The molecule has 3 amide bonds. The number of amides is 3. The van der Waals surface area contributed by atoms with Crippen molar-refractivity contribution in [3.63, 3.8) is 0 Å². The van der Waals surface area contributed by atoms with E-state index in [1.165, 1.54) is 9.80 Å². The third-order valence-electron chi connectivity index (χ3n) is 5.73. The Bertz CT molecular complexity index is 1300. The third kappa shape index (κ3) is 3.32. The smallest absolute Gasteiger partial charge is 0.260 e. The summed E-state index contributed by atoms with van der Waals surface area (Å²) < 4.78 is 40.0. The zero-order valence-corrected chi connectivity index (χ0v) is 17.0. The lowest BCUT2D eigenvalue weighted by Gasteiger charge is -2.40. The normalized spacial score (nSPS) is 16.4. The van der Waals surface area contributed by atoms with Crippen molar-refractivity contribution in [2.45, 2.75) is 12.6 Å². The maximum Gasteiger partial charge on any atom is 0.260 e. The summed E-state index contributed by atoms with van der Waals surface area (Å²) in [4.78, 5) is 41.8. The van der Waals surface area contributed by atoms with E-state index >= 15 is 0 Å². The highest BCUT2D eigenvalue weighted by Crippen LogP contribution is 2.45. The molecule has 166 valence electrons. The Hall–Kier alpha value is -4.14. The summed E-state index contributed by atoms with van der Waals surface area (Å²) in [6.45, 7) is -0.0616. The highest BCUT2D eigenvalue weighted by atomic mass is 19.2. The highest BCUT2D eigenvalue weighted by molar-refractivity contribution is 6.16. The summed E-state index contributed by atoms with van der Waals surface area (Å²) in [5.74, 6) is -5.70.